The zero-order valence-corrected chi connectivity index (χ0v) is 21.5. The predicted octanol–water partition coefficient (Wildman–Crippen LogP) is 5.41. The summed E-state index contributed by atoms with van der Waals surface area (Å²) in [6.07, 6.45) is 0. The molecule has 3 amide bonds. The lowest BCUT2D eigenvalue weighted by Crippen LogP contribution is -2.35. The fraction of sp³-hybridized carbons (Fsp3) is 0.111. The van der Waals surface area contributed by atoms with E-state index >= 15 is 0 Å². The van der Waals surface area contributed by atoms with Crippen molar-refractivity contribution in [1.29, 1.82) is 0 Å². The SMILES string of the molecule is Cc1ccc(CN2C(=O)/C(=C3/C(=O)N(CC(=O)Nc4ccccc4Cl)c4ccccc43)SC2=S)cc1. The number of amides is 3. The van der Waals surface area contributed by atoms with Crippen LogP contribution in [0.15, 0.2) is 77.7 Å². The molecule has 0 saturated carbocycles. The molecule has 2 aliphatic heterocycles. The molecule has 0 aliphatic carbocycles. The third-order valence-electron chi connectivity index (χ3n) is 5.91. The topological polar surface area (TPSA) is 69.7 Å². The highest BCUT2D eigenvalue weighted by Crippen LogP contribution is 2.44. The van der Waals surface area contributed by atoms with E-state index in [2.05, 4.69) is 5.32 Å². The molecule has 0 unspecified atom stereocenters. The van der Waals surface area contributed by atoms with Crippen molar-refractivity contribution >= 4 is 74.6 Å². The van der Waals surface area contributed by atoms with Crippen molar-refractivity contribution in [2.75, 3.05) is 16.8 Å². The van der Waals surface area contributed by atoms with Crippen LogP contribution in [0.5, 0.6) is 0 Å². The maximum absolute atomic E-state index is 13.6. The molecule has 2 aliphatic rings. The summed E-state index contributed by atoms with van der Waals surface area (Å²) in [7, 11) is 0. The fourth-order valence-electron chi connectivity index (χ4n) is 4.11. The van der Waals surface area contributed by atoms with Gasteiger partial charge in [-0.1, -0.05) is 95.7 Å². The van der Waals surface area contributed by atoms with Crippen molar-refractivity contribution in [3.8, 4) is 0 Å². The van der Waals surface area contributed by atoms with Gasteiger partial charge in [0.1, 0.15) is 10.9 Å². The predicted molar refractivity (Wildman–Crippen MR) is 148 cm³/mol. The van der Waals surface area contributed by atoms with Gasteiger partial charge in [0.05, 0.1) is 33.4 Å². The molecule has 2 heterocycles. The third-order valence-corrected chi connectivity index (χ3v) is 7.69. The van der Waals surface area contributed by atoms with E-state index in [4.69, 9.17) is 23.8 Å². The average Bonchev–Trinajstić information content (AvgIpc) is 3.29. The monoisotopic (exact) mass is 533 g/mol. The summed E-state index contributed by atoms with van der Waals surface area (Å²) in [4.78, 5) is 43.0. The number of fused-ring (bicyclic) bond motifs is 1. The van der Waals surface area contributed by atoms with Crippen LogP contribution in [-0.4, -0.2) is 33.5 Å². The van der Waals surface area contributed by atoms with Crippen LogP contribution in [0.2, 0.25) is 5.02 Å². The van der Waals surface area contributed by atoms with Crippen molar-refractivity contribution < 1.29 is 14.4 Å². The Kier molecular flexibility index (Phi) is 6.66. The Morgan fingerprint density at radius 3 is 2.39 bits per heavy atom. The minimum atomic E-state index is -0.415. The van der Waals surface area contributed by atoms with Gasteiger partial charge in [0.25, 0.3) is 11.8 Å². The molecule has 0 spiro atoms. The highest BCUT2D eigenvalue weighted by molar-refractivity contribution is 8.26. The lowest BCUT2D eigenvalue weighted by atomic mass is 10.1. The lowest BCUT2D eigenvalue weighted by molar-refractivity contribution is -0.122. The first-order valence-electron chi connectivity index (χ1n) is 11.1. The van der Waals surface area contributed by atoms with Crippen LogP contribution in [-0.2, 0) is 20.9 Å². The minimum Gasteiger partial charge on any atom is -0.323 e. The van der Waals surface area contributed by atoms with E-state index in [9.17, 15) is 14.4 Å². The van der Waals surface area contributed by atoms with Crippen LogP contribution >= 0.6 is 35.6 Å². The number of hydrogen-bond donors (Lipinski definition) is 1. The van der Waals surface area contributed by atoms with Crippen LogP contribution in [0.3, 0.4) is 0 Å². The molecule has 9 heteroatoms. The van der Waals surface area contributed by atoms with Crippen molar-refractivity contribution in [2.45, 2.75) is 13.5 Å². The molecule has 5 rings (SSSR count). The van der Waals surface area contributed by atoms with Gasteiger partial charge in [0.15, 0.2) is 0 Å². The molecule has 36 heavy (non-hydrogen) atoms. The van der Waals surface area contributed by atoms with E-state index < -0.39 is 11.8 Å². The van der Waals surface area contributed by atoms with Gasteiger partial charge in [-0.25, -0.2) is 0 Å². The quantitative estimate of drug-likeness (QED) is 0.351. The molecule has 1 N–H and O–H groups in total. The van der Waals surface area contributed by atoms with E-state index in [1.807, 2.05) is 31.2 Å². The molecule has 3 aromatic carbocycles. The molecule has 0 atom stereocenters. The summed E-state index contributed by atoms with van der Waals surface area (Å²) in [5.74, 6) is -1.13. The number of hydrogen-bond acceptors (Lipinski definition) is 5. The molecular weight excluding hydrogens is 514 g/mol. The second-order valence-corrected chi connectivity index (χ2v) is 10.4. The van der Waals surface area contributed by atoms with Crippen molar-refractivity contribution in [1.82, 2.24) is 4.90 Å². The minimum absolute atomic E-state index is 0.228. The number of halogens is 1. The van der Waals surface area contributed by atoms with Gasteiger partial charge in [0, 0.05) is 5.56 Å². The summed E-state index contributed by atoms with van der Waals surface area (Å²) < 4.78 is 0.392. The highest BCUT2D eigenvalue weighted by Gasteiger charge is 2.42. The molecule has 3 aromatic rings. The first kappa shape index (κ1) is 24.2. The van der Waals surface area contributed by atoms with E-state index in [0.717, 1.165) is 22.9 Å². The van der Waals surface area contributed by atoms with Gasteiger partial charge in [0.2, 0.25) is 5.91 Å². The van der Waals surface area contributed by atoms with E-state index in [0.29, 0.717) is 32.8 Å². The summed E-state index contributed by atoms with van der Waals surface area (Å²) >= 11 is 12.8. The normalized spacial score (nSPS) is 17.1. The van der Waals surface area contributed by atoms with Crippen LogP contribution in [0.4, 0.5) is 11.4 Å². The number of carbonyl (C=O) groups excluding carboxylic acids is 3. The number of para-hydroxylation sites is 2. The van der Waals surface area contributed by atoms with Crippen LogP contribution in [0.1, 0.15) is 16.7 Å². The number of carbonyl (C=O) groups is 3. The number of thiocarbonyl (C=S) groups is 1. The number of nitrogens with one attached hydrogen (secondary N) is 1. The van der Waals surface area contributed by atoms with Crippen LogP contribution in [0.25, 0.3) is 5.57 Å². The molecule has 0 bridgehead atoms. The third kappa shape index (κ3) is 4.55. The average molecular weight is 534 g/mol. The molecule has 0 aromatic heterocycles. The first-order chi connectivity index (χ1) is 17.3. The molecule has 0 radical (unpaired) electrons. The second kappa shape index (κ2) is 9.89. The Morgan fingerprint density at radius 2 is 1.64 bits per heavy atom. The fourth-order valence-corrected chi connectivity index (χ4v) is 5.62. The molecule has 6 nitrogen and oxygen atoms in total. The van der Waals surface area contributed by atoms with Gasteiger partial charge in [-0.15, -0.1) is 0 Å². The number of anilines is 2. The maximum Gasteiger partial charge on any atom is 0.267 e. The van der Waals surface area contributed by atoms with Crippen molar-refractivity contribution in [3.05, 3.63) is 99.4 Å². The summed E-state index contributed by atoms with van der Waals surface area (Å²) in [6, 6.07) is 21.9. The van der Waals surface area contributed by atoms with Gasteiger partial charge in [-0.05, 0) is 30.7 Å². The Hall–Kier alpha value is -3.46. The van der Waals surface area contributed by atoms with Gasteiger partial charge < -0.3 is 5.32 Å². The lowest BCUT2D eigenvalue weighted by Gasteiger charge is -2.17. The summed E-state index contributed by atoms with van der Waals surface area (Å²) in [6.45, 7) is 2.09. The Bertz CT molecular complexity index is 1450. The Morgan fingerprint density at radius 1 is 0.944 bits per heavy atom. The smallest absolute Gasteiger partial charge is 0.267 e. The van der Waals surface area contributed by atoms with Gasteiger partial charge in [-0.2, -0.15) is 0 Å². The second-order valence-electron chi connectivity index (χ2n) is 8.39. The molecule has 180 valence electrons. The summed E-state index contributed by atoms with van der Waals surface area (Å²) in [5, 5.41) is 3.14. The van der Waals surface area contributed by atoms with Crippen LogP contribution in [0, 0.1) is 6.92 Å². The maximum atomic E-state index is 13.6. The number of nitrogens with zero attached hydrogens (tertiary/aromatic N) is 2. The van der Waals surface area contributed by atoms with Crippen LogP contribution < -0.4 is 10.2 Å². The Labute approximate surface area is 222 Å². The van der Waals surface area contributed by atoms with E-state index in [-0.39, 0.29) is 22.9 Å². The Balaban J connectivity index is 1.43. The molecular formula is C27H20ClN3O3S2. The molecule has 1 fully saturated rings. The van der Waals surface area contributed by atoms with Gasteiger partial charge >= 0.3 is 0 Å². The van der Waals surface area contributed by atoms with E-state index in [1.54, 1.807) is 48.5 Å². The standard InChI is InChI=1S/C27H20ClN3O3S2/c1-16-10-12-17(13-11-16)14-31-26(34)24(36-27(31)35)23-18-6-2-5-9-21(18)30(25(23)33)15-22(32)29-20-8-4-3-7-19(20)28/h2-13H,14-15H2,1H3,(H,29,32)/b24-23-. The van der Waals surface area contributed by atoms with Gasteiger partial charge in [-0.3, -0.25) is 24.2 Å². The highest BCUT2D eigenvalue weighted by atomic mass is 35.5. The molecule has 1 saturated heterocycles. The van der Waals surface area contributed by atoms with Crippen molar-refractivity contribution in [2.24, 2.45) is 0 Å². The first-order valence-corrected chi connectivity index (χ1v) is 12.7. The van der Waals surface area contributed by atoms with Crippen molar-refractivity contribution in [3.63, 3.8) is 0 Å². The number of rotatable bonds is 5. The van der Waals surface area contributed by atoms with E-state index in [1.165, 1.54) is 9.80 Å². The summed E-state index contributed by atoms with van der Waals surface area (Å²) in [5.41, 5.74) is 3.96. The largest absolute Gasteiger partial charge is 0.323 e. The number of aryl methyl sites for hydroxylation is 1. The zero-order chi connectivity index (χ0) is 25.4. The number of benzene rings is 3. The zero-order valence-electron chi connectivity index (χ0n) is 19.2. The number of thioether (sulfide) groups is 1.